The summed E-state index contributed by atoms with van der Waals surface area (Å²) in [4.78, 5) is 20.2. The highest BCUT2D eigenvalue weighted by molar-refractivity contribution is 8.13. The summed E-state index contributed by atoms with van der Waals surface area (Å²) in [6.45, 7) is 0.543. The smallest absolute Gasteiger partial charge is 0.238 e. The molecule has 3 aromatic carbocycles. The molecule has 0 saturated heterocycles. The van der Waals surface area contributed by atoms with Crippen LogP contribution >= 0.6 is 11.8 Å². The summed E-state index contributed by atoms with van der Waals surface area (Å²) in [5, 5.41) is 3.29. The number of amides is 1. The number of aliphatic imine (C=N–C) groups is 1. The third kappa shape index (κ3) is 3.71. The number of hydrogen-bond acceptors (Lipinski definition) is 3. The zero-order chi connectivity index (χ0) is 20.3. The van der Waals surface area contributed by atoms with E-state index in [0.717, 1.165) is 16.5 Å². The Bertz CT molecular complexity index is 1160. The lowest BCUT2D eigenvalue weighted by molar-refractivity contribution is -0.131. The first kappa shape index (κ1) is 18.9. The second kappa shape index (κ2) is 8.33. The molecule has 2 atom stereocenters. The quantitative estimate of drug-likeness (QED) is 0.562. The van der Waals surface area contributed by atoms with Crippen LogP contribution in [0.15, 0.2) is 102 Å². The molecule has 4 heteroatoms. The van der Waals surface area contributed by atoms with E-state index in [1.807, 2.05) is 47.4 Å². The number of allylic oxidation sites excluding steroid dienone is 2. The lowest BCUT2D eigenvalue weighted by Gasteiger charge is -2.35. The summed E-state index contributed by atoms with van der Waals surface area (Å²) >= 11 is 1.65. The van der Waals surface area contributed by atoms with E-state index in [-0.39, 0.29) is 17.9 Å². The van der Waals surface area contributed by atoms with Crippen LogP contribution in [-0.4, -0.2) is 22.0 Å². The Hall–Kier alpha value is -3.11. The number of carbonyl (C=O) groups is 1. The van der Waals surface area contributed by atoms with Crippen LogP contribution in [-0.2, 0) is 17.1 Å². The highest BCUT2D eigenvalue weighted by Crippen LogP contribution is 2.31. The van der Waals surface area contributed by atoms with E-state index in [9.17, 15) is 4.79 Å². The van der Waals surface area contributed by atoms with Crippen LogP contribution in [0.1, 0.15) is 11.1 Å². The van der Waals surface area contributed by atoms with Crippen LogP contribution < -0.4 is 0 Å². The fourth-order valence-corrected chi connectivity index (χ4v) is 5.05. The minimum atomic E-state index is -0.208. The predicted molar refractivity (Wildman–Crippen MR) is 125 cm³/mol. The molecule has 0 radical (unpaired) electrons. The Kier molecular flexibility index (Phi) is 5.24. The van der Waals surface area contributed by atoms with Gasteiger partial charge >= 0.3 is 0 Å². The number of carbonyl (C=O) groups excluding carboxylic acids is 1. The van der Waals surface area contributed by atoms with Crippen molar-refractivity contribution in [2.45, 2.75) is 18.3 Å². The van der Waals surface area contributed by atoms with Crippen molar-refractivity contribution in [1.82, 2.24) is 4.90 Å². The molecule has 148 valence electrons. The highest BCUT2D eigenvalue weighted by Gasteiger charge is 2.36. The van der Waals surface area contributed by atoms with Gasteiger partial charge in [0.15, 0.2) is 5.17 Å². The molecule has 0 aromatic heterocycles. The zero-order valence-corrected chi connectivity index (χ0v) is 17.3. The normalized spacial score (nSPS) is 20.3. The van der Waals surface area contributed by atoms with Gasteiger partial charge in [-0.3, -0.25) is 14.7 Å². The Balaban J connectivity index is 1.45. The van der Waals surface area contributed by atoms with E-state index in [1.54, 1.807) is 11.8 Å². The molecular weight excluding hydrogens is 388 g/mol. The van der Waals surface area contributed by atoms with Gasteiger partial charge in [0.1, 0.15) is 0 Å². The predicted octanol–water partition coefficient (Wildman–Crippen LogP) is 5.58. The van der Waals surface area contributed by atoms with Crippen molar-refractivity contribution in [3.05, 3.63) is 108 Å². The number of nitrogens with zero attached hydrogens (tertiary/aromatic N) is 2. The van der Waals surface area contributed by atoms with Crippen molar-refractivity contribution < 1.29 is 4.79 Å². The third-order valence-corrected chi connectivity index (χ3v) is 6.61. The topological polar surface area (TPSA) is 32.7 Å². The molecule has 1 aliphatic carbocycles. The molecule has 0 saturated carbocycles. The molecule has 0 spiro atoms. The van der Waals surface area contributed by atoms with Gasteiger partial charge in [0, 0.05) is 5.75 Å². The molecule has 0 unspecified atom stereocenters. The van der Waals surface area contributed by atoms with Crippen molar-refractivity contribution in [3.63, 3.8) is 0 Å². The number of thioether (sulfide) groups is 1. The van der Waals surface area contributed by atoms with Gasteiger partial charge in [-0.05, 0) is 21.9 Å². The Morgan fingerprint density at radius 2 is 1.63 bits per heavy atom. The fourth-order valence-electron chi connectivity index (χ4n) is 4.01. The van der Waals surface area contributed by atoms with Crippen LogP contribution in [0.25, 0.3) is 10.8 Å². The highest BCUT2D eigenvalue weighted by atomic mass is 32.2. The zero-order valence-electron chi connectivity index (χ0n) is 16.5. The Morgan fingerprint density at radius 3 is 2.53 bits per heavy atom. The molecule has 0 bridgehead atoms. The number of fused-ring (bicyclic) bond motifs is 2. The minimum Gasteiger partial charge on any atom is -0.286 e. The maximum atomic E-state index is 13.3. The van der Waals surface area contributed by atoms with Gasteiger partial charge in [-0.25, -0.2) is 0 Å². The lowest BCUT2D eigenvalue weighted by Crippen LogP contribution is -2.46. The van der Waals surface area contributed by atoms with Gasteiger partial charge < -0.3 is 0 Å². The van der Waals surface area contributed by atoms with Crippen LogP contribution in [0, 0.1) is 5.92 Å². The molecule has 3 nitrogen and oxygen atoms in total. The summed E-state index contributed by atoms with van der Waals surface area (Å²) in [7, 11) is 0. The van der Waals surface area contributed by atoms with Gasteiger partial charge in [0.2, 0.25) is 5.91 Å². The molecule has 0 fully saturated rings. The number of rotatable bonds is 4. The van der Waals surface area contributed by atoms with Crippen LogP contribution in [0.2, 0.25) is 0 Å². The van der Waals surface area contributed by atoms with Crippen LogP contribution in [0.5, 0.6) is 0 Å². The van der Waals surface area contributed by atoms with Crippen LogP contribution in [0.3, 0.4) is 0 Å². The van der Waals surface area contributed by atoms with Crippen molar-refractivity contribution in [1.29, 1.82) is 0 Å². The largest absolute Gasteiger partial charge is 0.286 e. The molecule has 1 heterocycles. The van der Waals surface area contributed by atoms with Gasteiger partial charge in [0.05, 0.1) is 18.5 Å². The summed E-state index contributed by atoms with van der Waals surface area (Å²) < 4.78 is 0. The molecule has 30 heavy (non-hydrogen) atoms. The van der Waals surface area contributed by atoms with Gasteiger partial charge in [0.25, 0.3) is 0 Å². The van der Waals surface area contributed by atoms with E-state index in [4.69, 9.17) is 4.99 Å². The first-order valence-corrected chi connectivity index (χ1v) is 11.2. The number of benzene rings is 3. The second-order valence-corrected chi connectivity index (χ2v) is 8.48. The summed E-state index contributed by atoms with van der Waals surface area (Å²) in [6.07, 6.45) is 7.93. The van der Waals surface area contributed by atoms with Crippen molar-refractivity contribution >= 4 is 33.6 Å². The van der Waals surface area contributed by atoms with E-state index in [1.165, 1.54) is 16.3 Å². The van der Waals surface area contributed by atoms with Crippen molar-refractivity contribution in [2.24, 2.45) is 10.9 Å². The number of amidine groups is 1. The molecule has 3 aromatic rings. The van der Waals surface area contributed by atoms with Gasteiger partial charge in [-0.15, -0.1) is 0 Å². The van der Waals surface area contributed by atoms with Crippen LogP contribution in [0.4, 0.5) is 0 Å². The second-order valence-electron chi connectivity index (χ2n) is 7.53. The molecule has 2 aliphatic rings. The van der Waals surface area contributed by atoms with Gasteiger partial charge in [-0.1, -0.05) is 109 Å². The third-order valence-electron chi connectivity index (χ3n) is 5.57. The SMILES string of the molecule is O=C1[C@@H]2C=CC=C[C@@H]2N=C(SCc2cccc3ccccc23)N1Cc1ccccc1. The Labute approximate surface area is 180 Å². The minimum absolute atomic E-state index is 0.107. The van der Waals surface area contributed by atoms with Gasteiger partial charge in [-0.2, -0.15) is 0 Å². The van der Waals surface area contributed by atoms with E-state index in [2.05, 4.69) is 54.6 Å². The maximum absolute atomic E-state index is 13.3. The van der Waals surface area contributed by atoms with Crippen molar-refractivity contribution in [3.8, 4) is 0 Å². The van der Waals surface area contributed by atoms with E-state index in [0.29, 0.717) is 6.54 Å². The monoisotopic (exact) mass is 410 g/mol. The summed E-state index contributed by atoms with van der Waals surface area (Å²) in [5.74, 6) is 0.691. The van der Waals surface area contributed by atoms with Crippen molar-refractivity contribution in [2.75, 3.05) is 0 Å². The van der Waals surface area contributed by atoms with E-state index >= 15 is 0 Å². The Morgan fingerprint density at radius 1 is 0.867 bits per heavy atom. The average Bonchev–Trinajstić information content (AvgIpc) is 2.80. The number of hydrogen-bond donors (Lipinski definition) is 0. The molecular formula is C26H22N2OS. The first-order chi connectivity index (χ1) is 14.8. The fraction of sp³-hybridized carbons (Fsp3) is 0.154. The average molecular weight is 411 g/mol. The molecule has 1 aliphatic heterocycles. The lowest BCUT2D eigenvalue weighted by atomic mass is 9.93. The summed E-state index contributed by atoms with van der Waals surface area (Å²) in [5.41, 5.74) is 2.37. The maximum Gasteiger partial charge on any atom is 0.238 e. The standard InChI is InChI=1S/C26H22N2OS/c29-25-23-15-6-7-16-24(23)27-26(28(25)17-19-9-2-1-3-10-19)30-18-21-13-8-12-20-11-4-5-14-22(20)21/h1-16,23-24H,17-18H2/t23-,24+/m1/s1. The molecule has 5 rings (SSSR count). The summed E-state index contributed by atoms with van der Waals surface area (Å²) in [6, 6.07) is 24.8. The molecule has 0 N–H and O–H groups in total. The molecule has 1 amide bonds. The van der Waals surface area contributed by atoms with E-state index < -0.39 is 0 Å². The first-order valence-electron chi connectivity index (χ1n) is 10.2.